The summed E-state index contributed by atoms with van der Waals surface area (Å²) in [5.41, 5.74) is 1.24. The van der Waals surface area contributed by atoms with Crippen LogP contribution in [0.2, 0.25) is 0 Å². The fourth-order valence-corrected chi connectivity index (χ4v) is 2.41. The number of rotatable bonds is 1. The highest BCUT2D eigenvalue weighted by Gasteiger charge is 2.21. The van der Waals surface area contributed by atoms with E-state index in [1.54, 1.807) is 0 Å². The van der Waals surface area contributed by atoms with E-state index in [9.17, 15) is 4.39 Å². The first-order valence-corrected chi connectivity index (χ1v) is 5.68. The van der Waals surface area contributed by atoms with E-state index in [1.807, 2.05) is 18.2 Å². The molecular weight excluding hydrogens is 245 g/mol. The molecule has 2 rings (SSSR count). The van der Waals surface area contributed by atoms with Crippen LogP contribution in [0.25, 0.3) is 0 Å². The van der Waals surface area contributed by atoms with E-state index in [0.29, 0.717) is 19.0 Å². The Morgan fingerprint density at radius 2 is 2.07 bits per heavy atom. The van der Waals surface area contributed by atoms with E-state index in [2.05, 4.69) is 27.3 Å². The van der Waals surface area contributed by atoms with Gasteiger partial charge in [0, 0.05) is 17.1 Å². The van der Waals surface area contributed by atoms with Crippen molar-refractivity contribution >= 4 is 15.9 Å². The van der Waals surface area contributed by atoms with Crippen molar-refractivity contribution in [2.45, 2.75) is 25.1 Å². The molecule has 1 fully saturated rings. The van der Waals surface area contributed by atoms with Crippen molar-refractivity contribution in [2.24, 2.45) is 0 Å². The zero-order valence-electron chi connectivity index (χ0n) is 7.84. The van der Waals surface area contributed by atoms with E-state index >= 15 is 0 Å². The fraction of sp³-hybridized carbons (Fsp3) is 0.455. The van der Waals surface area contributed by atoms with Crippen LogP contribution in [0.15, 0.2) is 28.7 Å². The molecule has 1 saturated heterocycles. The normalized spacial score (nSPS) is 27.6. The SMILES string of the molecule is FC1CCC(c2ccccc2Br)NC1. The molecule has 0 radical (unpaired) electrons. The average molecular weight is 258 g/mol. The van der Waals surface area contributed by atoms with E-state index < -0.39 is 6.17 Å². The Hall–Kier alpha value is -0.410. The molecule has 1 aromatic rings. The van der Waals surface area contributed by atoms with Gasteiger partial charge in [-0.3, -0.25) is 0 Å². The first-order valence-electron chi connectivity index (χ1n) is 4.89. The molecular formula is C11H13BrFN. The van der Waals surface area contributed by atoms with Gasteiger partial charge >= 0.3 is 0 Å². The third-order valence-electron chi connectivity index (χ3n) is 2.63. The third-order valence-corrected chi connectivity index (χ3v) is 3.36. The quantitative estimate of drug-likeness (QED) is 0.815. The first kappa shape index (κ1) is 10.1. The van der Waals surface area contributed by atoms with Crippen LogP contribution in [0.1, 0.15) is 24.4 Å². The summed E-state index contributed by atoms with van der Waals surface area (Å²) in [4.78, 5) is 0. The second-order valence-electron chi connectivity index (χ2n) is 3.66. The van der Waals surface area contributed by atoms with Crippen LogP contribution < -0.4 is 5.32 Å². The number of halogens is 2. The van der Waals surface area contributed by atoms with Gasteiger partial charge in [0.25, 0.3) is 0 Å². The summed E-state index contributed by atoms with van der Waals surface area (Å²) in [6.45, 7) is 0.478. The van der Waals surface area contributed by atoms with Crippen LogP contribution in [-0.4, -0.2) is 12.7 Å². The van der Waals surface area contributed by atoms with Gasteiger partial charge < -0.3 is 5.32 Å². The van der Waals surface area contributed by atoms with Gasteiger partial charge in [0.2, 0.25) is 0 Å². The highest BCUT2D eigenvalue weighted by Crippen LogP contribution is 2.29. The molecule has 1 aliphatic rings. The van der Waals surface area contributed by atoms with Crippen molar-refractivity contribution in [1.82, 2.24) is 5.32 Å². The van der Waals surface area contributed by atoms with E-state index in [-0.39, 0.29) is 0 Å². The lowest BCUT2D eigenvalue weighted by molar-refractivity contribution is 0.234. The number of hydrogen-bond acceptors (Lipinski definition) is 1. The van der Waals surface area contributed by atoms with Crippen LogP contribution >= 0.6 is 15.9 Å². The second kappa shape index (κ2) is 4.41. The number of alkyl halides is 1. The molecule has 76 valence electrons. The lowest BCUT2D eigenvalue weighted by Gasteiger charge is -2.26. The summed E-state index contributed by atoms with van der Waals surface area (Å²) in [5, 5.41) is 3.22. The zero-order valence-corrected chi connectivity index (χ0v) is 9.43. The largest absolute Gasteiger partial charge is 0.307 e. The zero-order chi connectivity index (χ0) is 9.97. The average Bonchev–Trinajstić information content (AvgIpc) is 2.20. The summed E-state index contributed by atoms with van der Waals surface area (Å²) in [7, 11) is 0. The van der Waals surface area contributed by atoms with Crippen molar-refractivity contribution in [1.29, 1.82) is 0 Å². The van der Waals surface area contributed by atoms with Crippen molar-refractivity contribution in [3.63, 3.8) is 0 Å². The Morgan fingerprint density at radius 3 is 2.71 bits per heavy atom. The summed E-state index contributed by atoms with van der Waals surface area (Å²) in [6.07, 6.45) is 0.872. The second-order valence-corrected chi connectivity index (χ2v) is 4.51. The molecule has 0 saturated carbocycles. The fourth-order valence-electron chi connectivity index (χ4n) is 1.84. The minimum Gasteiger partial charge on any atom is -0.307 e. The highest BCUT2D eigenvalue weighted by molar-refractivity contribution is 9.10. The number of benzene rings is 1. The summed E-state index contributed by atoms with van der Waals surface area (Å²) < 4.78 is 14.0. The molecule has 3 heteroatoms. The summed E-state index contributed by atoms with van der Waals surface area (Å²) in [6, 6.07) is 8.42. The van der Waals surface area contributed by atoms with Crippen LogP contribution in [0.3, 0.4) is 0 Å². The smallest absolute Gasteiger partial charge is 0.113 e. The van der Waals surface area contributed by atoms with Crippen molar-refractivity contribution in [3.8, 4) is 0 Å². The maximum atomic E-state index is 12.9. The molecule has 2 unspecified atom stereocenters. The van der Waals surface area contributed by atoms with Crippen molar-refractivity contribution in [2.75, 3.05) is 6.54 Å². The van der Waals surface area contributed by atoms with Crippen LogP contribution in [0, 0.1) is 0 Å². The van der Waals surface area contributed by atoms with Gasteiger partial charge in [0.05, 0.1) is 0 Å². The molecule has 0 bridgehead atoms. The molecule has 1 heterocycles. The molecule has 1 nitrogen and oxygen atoms in total. The number of hydrogen-bond donors (Lipinski definition) is 1. The number of piperidine rings is 1. The van der Waals surface area contributed by atoms with E-state index in [4.69, 9.17) is 0 Å². The van der Waals surface area contributed by atoms with Gasteiger partial charge in [0.1, 0.15) is 6.17 Å². The molecule has 0 amide bonds. The molecule has 0 spiro atoms. The maximum Gasteiger partial charge on any atom is 0.113 e. The van der Waals surface area contributed by atoms with Crippen molar-refractivity contribution < 1.29 is 4.39 Å². The van der Waals surface area contributed by atoms with Gasteiger partial charge in [-0.1, -0.05) is 34.1 Å². The van der Waals surface area contributed by atoms with E-state index in [0.717, 1.165) is 10.9 Å². The summed E-state index contributed by atoms with van der Waals surface area (Å²) >= 11 is 3.51. The summed E-state index contributed by atoms with van der Waals surface area (Å²) in [5.74, 6) is 0. The van der Waals surface area contributed by atoms with Crippen LogP contribution in [0.4, 0.5) is 4.39 Å². The predicted octanol–water partition coefficient (Wildman–Crippen LogP) is 3.21. The molecule has 1 aliphatic heterocycles. The first-order chi connectivity index (χ1) is 6.77. The van der Waals surface area contributed by atoms with Gasteiger partial charge in [-0.05, 0) is 24.5 Å². The van der Waals surface area contributed by atoms with E-state index in [1.165, 1.54) is 5.56 Å². The molecule has 0 aliphatic carbocycles. The van der Waals surface area contributed by atoms with Crippen LogP contribution in [0.5, 0.6) is 0 Å². The monoisotopic (exact) mass is 257 g/mol. The Kier molecular flexibility index (Phi) is 3.19. The molecule has 14 heavy (non-hydrogen) atoms. The molecule has 2 atom stereocenters. The van der Waals surface area contributed by atoms with Gasteiger partial charge in [-0.15, -0.1) is 0 Å². The Morgan fingerprint density at radius 1 is 1.29 bits per heavy atom. The highest BCUT2D eigenvalue weighted by atomic mass is 79.9. The Balaban J connectivity index is 2.12. The topological polar surface area (TPSA) is 12.0 Å². The minimum absolute atomic E-state index is 0.303. The lowest BCUT2D eigenvalue weighted by atomic mass is 9.97. The predicted molar refractivity (Wildman–Crippen MR) is 59.0 cm³/mol. The van der Waals surface area contributed by atoms with Gasteiger partial charge in [-0.25, -0.2) is 4.39 Å². The number of nitrogens with one attached hydrogen (secondary N) is 1. The standard InChI is InChI=1S/C11H13BrFN/c12-10-4-2-1-3-9(10)11-6-5-8(13)7-14-11/h1-4,8,11,14H,5-7H2. The lowest BCUT2D eigenvalue weighted by Crippen LogP contribution is -2.34. The van der Waals surface area contributed by atoms with Gasteiger partial charge in [0.15, 0.2) is 0 Å². The van der Waals surface area contributed by atoms with Gasteiger partial charge in [-0.2, -0.15) is 0 Å². The Labute approximate surface area is 91.8 Å². The molecule has 0 aromatic heterocycles. The molecule has 1 N–H and O–H groups in total. The van der Waals surface area contributed by atoms with Crippen molar-refractivity contribution in [3.05, 3.63) is 34.3 Å². The minimum atomic E-state index is -0.672. The van der Waals surface area contributed by atoms with Crippen LogP contribution in [-0.2, 0) is 0 Å². The Bertz CT molecular complexity index is 308. The maximum absolute atomic E-state index is 12.9. The third kappa shape index (κ3) is 2.15. The molecule has 1 aromatic carbocycles.